The molecule has 0 spiro atoms. The van der Waals surface area contributed by atoms with Gasteiger partial charge in [0.1, 0.15) is 0 Å². The van der Waals surface area contributed by atoms with E-state index in [2.05, 4.69) is 41.3 Å². The molecule has 1 saturated heterocycles. The van der Waals surface area contributed by atoms with Gasteiger partial charge < -0.3 is 10.2 Å². The highest BCUT2D eigenvalue weighted by Gasteiger charge is 2.14. The van der Waals surface area contributed by atoms with E-state index in [0.29, 0.717) is 5.82 Å². The summed E-state index contributed by atoms with van der Waals surface area (Å²) in [6, 6.07) is 7.92. The summed E-state index contributed by atoms with van der Waals surface area (Å²) >= 11 is 3.52. The van der Waals surface area contributed by atoms with E-state index in [9.17, 15) is 0 Å². The molecule has 0 radical (unpaired) electrons. The zero-order valence-corrected chi connectivity index (χ0v) is 12.0. The molecular weight excluding hydrogens is 306 g/mol. The Labute approximate surface area is 120 Å². The average molecular weight is 320 g/mol. The van der Waals surface area contributed by atoms with Crippen molar-refractivity contribution in [3.63, 3.8) is 0 Å². The third-order valence-electron chi connectivity index (χ3n) is 3.10. The highest BCUT2D eigenvalue weighted by Crippen LogP contribution is 2.25. The summed E-state index contributed by atoms with van der Waals surface area (Å²) in [5, 5.41) is 11.5. The van der Waals surface area contributed by atoms with Crippen molar-refractivity contribution in [3.05, 3.63) is 34.9 Å². The molecule has 3 rings (SSSR count). The van der Waals surface area contributed by atoms with Crippen LogP contribution in [0.25, 0.3) is 11.4 Å². The van der Waals surface area contributed by atoms with Crippen LogP contribution in [-0.4, -0.2) is 41.4 Å². The molecule has 2 heterocycles. The Bertz CT molecular complexity index is 568. The van der Waals surface area contributed by atoms with Crippen molar-refractivity contribution in [1.29, 1.82) is 0 Å². The minimum atomic E-state index is 0.656. The average Bonchev–Trinajstić information content (AvgIpc) is 2.49. The third kappa shape index (κ3) is 2.74. The van der Waals surface area contributed by atoms with E-state index in [-0.39, 0.29) is 0 Å². The van der Waals surface area contributed by atoms with Crippen molar-refractivity contribution in [3.8, 4) is 11.4 Å². The van der Waals surface area contributed by atoms with Gasteiger partial charge in [-0.05, 0) is 12.1 Å². The molecule has 0 aliphatic carbocycles. The van der Waals surface area contributed by atoms with Crippen molar-refractivity contribution < 1.29 is 0 Å². The van der Waals surface area contributed by atoms with Crippen LogP contribution in [0.5, 0.6) is 0 Å². The van der Waals surface area contributed by atoms with Gasteiger partial charge in [-0.15, -0.1) is 5.10 Å². The smallest absolute Gasteiger partial charge is 0.184 e. The zero-order chi connectivity index (χ0) is 13.1. The molecular formula is C13H14BrN5. The summed E-state index contributed by atoms with van der Waals surface area (Å²) in [5.74, 6) is 1.55. The van der Waals surface area contributed by atoms with Gasteiger partial charge in [0.25, 0.3) is 0 Å². The first kappa shape index (κ1) is 12.5. The van der Waals surface area contributed by atoms with Gasteiger partial charge in [0.05, 0.1) is 6.20 Å². The monoisotopic (exact) mass is 319 g/mol. The second-order valence-corrected chi connectivity index (χ2v) is 5.21. The number of anilines is 1. The zero-order valence-electron chi connectivity index (χ0n) is 10.4. The van der Waals surface area contributed by atoms with Crippen molar-refractivity contribution in [2.75, 3.05) is 31.1 Å². The molecule has 0 amide bonds. The van der Waals surface area contributed by atoms with Crippen LogP contribution >= 0.6 is 15.9 Å². The Kier molecular flexibility index (Phi) is 3.70. The number of halogens is 1. The Morgan fingerprint density at radius 3 is 2.74 bits per heavy atom. The Morgan fingerprint density at radius 1 is 1.16 bits per heavy atom. The molecule has 0 saturated carbocycles. The van der Waals surface area contributed by atoms with Gasteiger partial charge in [-0.3, -0.25) is 0 Å². The van der Waals surface area contributed by atoms with Gasteiger partial charge in [0.15, 0.2) is 11.6 Å². The summed E-state index contributed by atoms with van der Waals surface area (Å²) in [6.45, 7) is 3.87. The molecule has 5 nitrogen and oxygen atoms in total. The molecule has 1 aliphatic rings. The van der Waals surface area contributed by atoms with E-state index in [1.165, 1.54) is 0 Å². The fourth-order valence-corrected chi connectivity index (χ4v) is 2.56. The first-order valence-electron chi connectivity index (χ1n) is 6.25. The Hall–Kier alpha value is -1.53. The predicted molar refractivity (Wildman–Crippen MR) is 78.0 cm³/mol. The number of benzene rings is 1. The second-order valence-electron chi connectivity index (χ2n) is 4.36. The maximum absolute atomic E-state index is 4.62. The number of nitrogens with one attached hydrogen (secondary N) is 1. The lowest BCUT2D eigenvalue weighted by Gasteiger charge is -2.28. The van der Waals surface area contributed by atoms with E-state index in [4.69, 9.17) is 0 Å². The number of aromatic nitrogens is 3. The molecule has 1 N–H and O–H groups in total. The van der Waals surface area contributed by atoms with Crippen LogP contribution in [0.3, 0.4) is 0 Å². The molecule has 1 aromatic carbocycles. The van der Waals surface area contributed by atoms with E-state index >= 15 is 0 Å². The third-order valence-corrected chi connectivity index (χ3v) is 3.79. The lowest BCUT2D eigenvalue weighted by Crippen LogP contribution is -2.44. The fraction of sp³-hybridized carbons (Fsp3) is 0.308. The van der Waals surface area contributed by atoms with Gasteiger partial charge in [-0.2, -0.15) is 5.10 Å². The summed E-state index contributed by atoms with van der Waals surface area (Å²) in [6.07, 6.45) is 1.73. The number of rotatable bonds is 2. The molecule has 0 unspecified atom stereocenters. The normalized spacial score (nSPS) is 15.5. The minimum absolute atomic E-state index is 0.656. The molecule has 98 valence electrons. The van der Waals surface area contributed by atoms with Crippen molar-refractivity contribution in [1.82, 2.24) is 20.5 Å². The number of nitrogens with zero attached hydrogens (tertiary/aromatic N) is 4. The number of hydrogen-bond acceptors (Lipinski definition) is 5. The summed E-state index contributed by atoms with van der Waals surface area (Å²) in [5.41, 5.74) is 0.965. The molecule has 1 fully saturated rings. The first-order valence-corrected chi connectivity index (χ1v) is 7.04. The maximum atomic E-state index is 4.62. The van der Waals surface area contributed by atoms with Crippen LogP contribution in [-0.2, 0) is 0 Å². The Morgan fingerprint density at radius 2 is 1.95 bits per heavy atom. The van der Waals surface area contributed by atoms with Crippen LogP contribution in [0.15, 0.2) is 34.9 Å². The molecule has 0 bridgehead atoms. The molecule has 1 aromatic heterocycles. The second kappa shape index (κ2) is 5.63. The molecule has 19 heavy (non-hydrogen) atoms. The summed E-state index contributed by atoms with van der Waals surface area (Å²) < 4.78 is 0.981. The maximum Gasteiger partial charge on any atom is 0.184 e. The highest BCUT2D eigenvalue weighted by atomic mass is 79.9. The highest BCUT2D eigenvalue weighted by molar-refractivity contribution is 9.10. The molecule has 0 atom stereocenters. The van der Waals surface area contributed by atoms with Gasteiger partial charge in [0, 0.05) is 36.2 Å². The molecule has 1 aliphatic heterocycles. The van der Waals surface area contributed by atoms with Gasteiger partial charge in [-0.25, -0.2) is 4.98 Å². The first-order chi connectivity index (χ1) is 9.34. The molecule has 6 heteroatoms. The van der Waals surface area contributed by atoms with Gasteiger partial charge >= 0.3 is 0 Å². The lowest BCUT2D eigenvalue weighted by molar-refractivity contribution is 0.583. The number of piperazine rings is 1. The van der Waals surface area contributed by atoms with E-state index in [0.717, 1.165) is 42.0 Å². The van der Waals surface area contributed by atoms with Crippen LogP contribution in [0.1, 0.15) is 0 Å². The topological polar surface area (TPSA) is 53.9 Å². The largest absolute Gasteiger partial charge is 0.353 e. The quantitative estimate of drug-likeness (QED) is 0.913. The predicted octanol–water partition coefficient (Wildman–Crippen LogP) is 1.71. The van der Waals surface area contributed by atoms with Gasteiger partial charge in [0.2, 0.25) is 0 Å². The van der Waals surface area contributed by atoms with E-state index in [1.54, 1.807) is 6.20 Å². The van der Waals surface area contributed by atoms with Crippen LogP contribution < -0.4 is 10.2 Å². The van der Waals surface area contributed by atoms with Crippen molar-refractivity contribution in [2.45, 2.75) is 0 Å². The van der Waals surface area contributed by atoms with Crippen LogP contribution in [0.2, 0.25) is 0 Å². The van der Waals surface area contributed by atoms with Crippen LogP contribution in [0.4, 0.5) is 5.82 Å². The molecule has 2 aromatic rings. The van der Waals surface area contributed by atoms with E-state index in [1.807, 2.05) is 24.3 Å². The summed E-state index contributed by atoms with van der Waals surface area (Å²) in [4.78, 5) is 6.85. The Balaban J connectivity index is 1.93. The SMILES string of the molecule is Brc1ccccc1-c1nncc(N2CCNCC2)n1. The van der Waals surface area contributed by atoms with Crippen molar-refractivity contribution >= 4 is 21.7 Å². The standard InChI is InChI=1S/C13H14BrN5/c14-11-4-2-1-3-10(11)13-17-12(9-16-18-13)19-7-5-15-6-8-19/h1-4,9,15H,5-8H2. The van der Waals surface area contributed by atoms with Gasteiger partial charge in [-0.1, -0.05) is 28.1 Å². The fourth-order valence-electron chi connectivity index (χ4n) is 2.10. The summed E-state index contributed by atoms with van der Waals surface area (Å²) in [7, 11) is 0. The minimum Gasteiger partial charge on any atom is -0.353 e. The van der Waals surface area contributed by atoms with Crippen LogP contribution in [0, 0.1) is 0 Å². The van der Waals surface area contributed by atoms with E-state index < -0.39 is 0 Å². The van der Waals surface area contributed by atoms with Crippen molar-refractivity contribution in [2.24, 2.45) is 0 Å². The number of hydrogen-bond donors (Lipinski definition) is 1. The lowest BCUT2D eigenvalue weighted by atomic mass is 10.2.